The Bertz CT molecular complexity index is 716. The highest BCUT2D eigenvalue weighted by atomic mass is 16.5. The molecule has 2 rings (SSSR count). The summed E-state index contributed by atoms with van der Waals surface area (Å²) in [5.74, 6) is 1.66. The molecule has 0 aliphatic rings. The molecule has 0 spiro atoms. The van der Waals surface area contributed by atoms with Crippen LogP contribution in [0.25, 0.3) is 0 Å². The molecule has 25 heavy (non-hydrogen) atoms. The number of hydrogen-bond acceptors (Lipinski definition) is 3. The number of nitrogens with one attached hydrogen (secondary N) is 2. The van der Waals surface area contributed by atoms with Crippen LogP contribution in [0.1, 0.15) is 36.4 Å². The fraction of sp³-hybridized carbons (Fsp3) is 0.474. The predicted molar refractivity (Wildman–Crippen MR) is 102 cm³/mol. The normalized spacial score (nSPS) is 11.7. The Morgan fingerprint density at radius 2 is 1.80 bits per heavy atom. The average molecular weight is 343 g/mol. The lowest BCUT2D eigenvalue weighted by Gasteiger charge is -2.13. The number of hydrogen-bond donors (Lipinski definition) is 2. The highest BCUT2D eigenvalue weighted by molar-refractivity contribution is 5.79. The monoisotopic (exact) mass is 343 g/mol. The van der Waals surface area contributed by atoms with Gasteiger partial charge in [-0.15, -0.1) is 0 Å². The van der Waals surface area contributed by atoms with E-state index >= 15 is 0 Å². The van der Waals surface area contributed by atoms with E-state index in [-0.39, 0.29) is 6.10 Å². The maximum Gasteiger partial charge on any atom is 0.191 e. The van der Waals surface area contributed by atoms with Gasteiger partial charge in [0.2, 0.25) is 0 Å². The Balaban J connectivity index is 1.88. The maximum atomic E-state index is 5.66. The van der Waals surface area contributed by atoms with Gasteiger partial charge >= 0.3 is 0 Å². The van der Waals surface area contributed by atoms with E-state index in [9.17, 15) is 0 Å². The van der Waals surface area contributed by atoms with Crippen LogP contribution in [0.15, 0.2) is 29.3 Å². The zero-order chi connectivity index (χ0) is 18.4. The molecular weight excluding hydrogens is 314 g/mol. The van der Waals surface area contributed by atoms with Gasteiger partial charge in [0.25, 0.3) is 0 Å². The van der Waals surface area contributed by atoms with Gasteiger partial charge in [-0.1, -0.05) is 12.1 Å². The van der Waals surface area contributed by atoms with Gasteiger partial charge in [-0.2, -0.15) is 5.10 Å². The third kappa shape index (κ3) is 5.24. The molecule has 0 fully saturated rings. The molecule has 1 aromatic heterocycles. The maximum absolute atomic E-state index is 5.66. The number of benzene rings is 1. The third-order valence-corrected chi connectivity index (χ3v) is 4.07. The number of nitrogens with zero attached hydrogens (tertiary/aromatic N) is 3. The van der Waals surface area contributed by atoms with Crippen LogP contribution < -0.4 is 15.4 Å². The fourth-order valence-electron chi connectivity index (χ4n) is 2.61. The van der Waals surface area contributed by atoms with E-state index in [1.54, 1.807) is 7.05 Å². The Morgan fingerprint density at radius 3 is 2.32 bits per heavy atom. The molecule has 0 bridgehead atoms. The topological polar surface area (TPSA) is 63.5 Å². The van der Waals surface area contributed by atoms with E-state index in [4.69, 9.17) is 4.74 Å². The summed E-state index contributed by atoms with van der Waals surface area (Å²) >= 11 is 0. The minimum atomic E-state index is 0.186. The molecule has 136 valence electrons. The van der Waals surface area contributed by atoms with Crippen molar-refractivity contribution < 1.29 is 4.74 Å². The Hall–Kier alpha value is -2.50. The molecule has 1 heterocycles. The molecule has 0 amide bonds. The van der Waals surface area contributed by atoms with Crippen molar-refractivity contribution in [3.8, 4) is 5.75 Å². The number of aliphatic imine (C=N–C) groups is 1. The summed E-state index contributed by atoms with van der Waals surface area (Å²) in [6, 6.07) is 8.12. The summed E-state index contributed by atoms with van der Waals surface area (Å²) in [5.41, 5.74) is 4.60. The molecule has 2 aromatic rings. The summed E-state index contributed by atoms with van der Waals surface area (Å²) < 4.78 is 7.57. The largest absolute Gasteiger partial charge is 0.491 e. The van der Waals surface area contributed by atoms with E-state index in [1.807, 2.05) is 44.6 Å². The standard InChI is InChI=1S/C19H29N5O/c1-13(2)25-17-9-7-16(8-10-17)11-21-19(20-5)22-12-18-14(3)23-24(6)15(18)4/h7-10,13H,11-12H2,1-6H3,(H2,20,21,22). The average Bonchev–Trinajstić information content (AvgIpc) is 2.81. The van der Waals surface area contributed by atoms with Crippen LogP contribution in [-0.4, -0.2) is 28.9 Å². The van der Waals surface area contributed by atoms with Gasteiger partial charge in [-0.25, -0.2) is 0 Å². The second-order valence-corrected chi connectivity index (χ2v) is 6.36. The summed E-state index contributed by atoms with van der Waals surface area (Å²) in [6.45, 7) is 9.56. The molecule has 0 unspecified atom stereocenters. The third-order valence-electron chi connectivity index (χ3n) is 4.07. The lowest BCUT2D eigenvalue weighted by atomic mass is 10.2. The van der Waals surface area contributed by atoms with Crippen LogP contribution in [0.4, 0.5) is 0 Å². The van der Waals surface area contributed by atoms with Gasteiger partial charge in [0.1, 0.15) is 5.75 Å². The first kappa shape index (κ1) is 18.8. The molecule has 0 saturated heterocycles. The van der Waals surface area contributed by atoms with E-state index in [0.29, 0.717) is 13.1 Å². The SMILES string of the molecule is CN=C(NCc1ccc(OC(C)C)cc1)NCc1c(C)nn(C)c1C. The second-order valence-electron chi connectivity index (χ2n) is 6.36. The van der Waals surface area contributed by atoms with Crippen LogP contribution >= 0.6 is 0 Å². The highest BCUT2D eigenvalue weighted by Gasteiger charge is 2.09. The minimum absolute atomic E-state index is 0.186. The van der Waals surface area contributed by atoms with Crippen molar-refractivity contribution in [2.75, 3.05) is 7.05 Å². The van der Waals surface area contributed by atoms with Crippen molar-refractivity contribution in [1.82, 2.24) is 20.4 Å². The van der Waals surface area contributed by atoms with Gasteiger partial charge in [0, 0.05) is 38.4 Å². The molecule has 6 nitrogen and oxygen atoms in total. The van der Waals surface area contributed by atoms with E-state index < -0.39 is 0 Å². The Kier molecular flexibility index (Phi) is 6.44. The van der Waals surface area contributed by atoms with Gasteiger partial charge < -0.3 is 15.4 Å². The number of ether oxygens (including phenoxy) is 1. The Labute approximate surface area is 150 Å². The second kappa shape index (κ2) is 8.55. The fourth-order valence-corrected chi connectivity index (χ4v) is 2.61. The van der Waals surface area contributed by atoms with E-state index in [0.717, 1.165) is 17.4 Å². The first-order valence-electron chi connectivity index (χ1n) is 8.60. The van der Waals surface area contributed by atoms with E-state index in [1.165, 1.54) is 16.8 Å². The smallest absolute Gasteiger partial charge is 0.191 e. The van der Waals surface area contributed by atoms with Crippen LogP contribution in [0.5, 0.6) is 5.75 Å². The Morgan fingerprint density at radius 1 is 1.16 bits per heavy atom. The number of aryl methyl sites for hydroxylation is 2. The van der Waals surface area contributed by atoms with Gasteiger partial charge in [-0.05, 0) is 45.4 Å². The van der Waals surface area contributed by atoms with E-state index in [2.05, 4.69) is 39.8 Å². The van der Waals surface area contributed by atoms with Crippen molar-refractivity contribution in [2.45, 2.75) is 46.9 Å². The zero-order valence-electron chi connectivity index (χ0n) is 16.1. The van der Waals surface area contributed by atoms with Gasteiger partial charge in [0.05, 0.1) is 11.8 Å². The summed E-state index contributed by atoms with van der Waals surface area (Å²) in [5, 5.41) is 11.1. The first-order chi connectivity index (χ1) is 11.9. The number of aromatic nitrogens is 2. The van der Waals surface area contributed by atoms with Crippen molar-refractivity contribution in [3.63, 3.8) is 0 Å². The molecule has 0 saturated carbocycles. The molecule has 0 atom stereocenters. The number of guanidine groups is 1. The van der Waals surface area contributed by atoms with Crippen molar-refractivity contribution in [3.05, 3.63) is 46.8 Å². The quantitative estimate of drug-likeness (QED) is 0.625. The predicted octanol–water partition coefficient (Wildman–Crippen LogP) is 2.69. The molecule has 2 N–H and O–H groups in total. The van der Waals surface area contributed by atoms with Crippen molar-refractivity contribution in [2.24, 2.45) is 12.0 Å². The summed E-state index contributed by atoms with van der Waals surface area (Å²) in [7, 11) is 3.74. The lowest BCUT2D eigenvalue weighted by Crippen LogP contribution is -2.36. The van der Waals surface area contributed by atoms with Crippen LogP contribution in [0.2, 0.25) is 0 Å². The molecule has 0 radical (unpaired) electrons. The first-order valence-corrected chi connectivity index (χ1v) is 8.60. The zero-order valence-corrected chi connectivity index (χ0v) is 16.1. The molecular formula is C19H29N5O. The van der Waals surface area contributed by atoms with Gasteiger partial charge in [-0.3, -0.25) is 9.67 Å². The van der Waals surface area contributed by atoms with Crippen molar-refractivity contribution >= 4 is 5.96 Å². The minimum Gasteiger partial charge on any atom is -0.491 e. The number of rotatable bonds is 6. The molecule has 6 heteroatoms. The summed E-state index contributed by atoms with van der Waals surface area (Å²) in [4.78, 5) is 4.28. The van der Waals surface area contributed by atoms with Crippen molar-refractivity contribution in [1.29, 1.82) is 0 Å². The summed E-state index contributed by atoms with van der Waals surface area (Å²) in [6.07, 6.45) is 0.186. The van der Waals surface area contributed by atoms with Crippen LogP contribution in [-0.2, 0) is 20.1 Å². The molecule has 1 aromatic carbocycles. The van der Waals surface area contributed by atoms with Crippen LogP contribution in [0.3, 0.4) is 0 Å². The molecule has 0 aliphatic carbocycles. The molecule has 0 aliphatic heterocycles. The van der Waals surface area contributed by atoms with Gasteiger partial charge in [0.15, 0.2) is 5.96 Å². The lowest BCUT2D eigenvalue weighted by molar-refractivity contribution is 0.242. The highest BCUT2D eigenvalue weighted by Crippen LogP contribution is 2.14. The van der Waals surface area contributed by atoms with Crippen LogP contribution in [0, 0.1) is 13.8 Å².